The first-order chi connectivity index (χ1) is 12.4. The number of rotatable bonds is 9. The van der Waals surface area contributed by atoms with Crippen molar-refractivity contribution in [2.45, 2.75) is 29.7 Å². The van der Waals surface area contributed by atoms with Gasteiger partial charge in [-0.25, -0.2) is 0 Å². The number of halogens is 2. The zero-order chi connectivity index (χ0) is 19.1. The molecule has 4 nitrogen and oxygen atoms in total. The van der Waals surface area contributed by atoms with E-state index in [0.717, 1.165) is 15.5 Å². The van der Waals surface area contributed by atoms with E-state index in [1.165, 1.54) is 11.8 Å². The summed E-state index contributed by atoms with van der Waals surface area (Å²) in [5.74, 6) is -0.0870. The van der Waals surface area contributed by atoms with E-state index in [2.05, 4.69) is 0 Å². The van der Waals surface area contributed by atoms with Crippen LogP contribution in [-0.2, 0) is 4.79 Å². The molecule has 0 radical (unpaired) electrons. The van der Waals surface area contributed by atoms with Crippen LogP contribution in [0, 0.1) is 0 Å². The van der Waals surface area contributed by atoms with Crippen molar-refractivity contribution in [1.29, 1.82) is 0 Å². The molecule has 7 heteroatoms. The first-order valence-electron chi connectivity index (χ1n) is 8.21. The van der Waals surface area contributed by atoms with Crippen molar-refractivity contribution in [1.82, 2.24) is 4.90 Å². The van der Waals surface area contributed by atoms with Gasteiger partial charge in [-0.3, -0.25) is 9.69 Å². The van der Waals surface area contributed by atoms with Crippen LogP contribution in [0.4, 0.5) is 0 Å². The van der Waals surface area contributed by atoms with Gasteiger partial charge in [0.1, 0.15) is 12.4 Å². The van der Waals surface area contributed by atoms with Gasteiger partial charge < -0.3 is 9.84 Å². The van der Waals surface area contributed by atoms with Gasteiger partial charge in [0.2, 0.25) is 0 Å². The summed E-state index contributed by atoms with van der Waals surface area (Å²) < 4.78 is 5.98. The smallest absolute Gasteiger partial charge is 0.317 e. The van der Waals surface area contributed by atoms with Crippen LogP contribution in [0.1, 0.15) is 13.8 Å². The normalized spacial score (nSPS) is 12.2. The van der Waals surface area contributed by atoms with Crippen molar-refractivity contribution in [3.8, 4) is 5.75 Å². The Balaban J connectivity index is 2.06. The van der Waals surface area contributed by atoms with Gasteiger partial charge in [-0.15, -0.1) is 0 Å². The molecule has 0 aliphatic carbocycles. The summed E-state index contributed by atoms with van der Waals surface area (Å²) in [4.78, 5) is 14.7. The quantitative estimate of drug-likeness (QED) is 0.602. The lowest BCUT2D eigenvalue weighted by Gasteiger charge is -2.26. The van der Waals surface area contributed by atoms with Crippen LogP contribution in [0.25, 0.3) is 0 Å². The number of nitrogens with zero attached hydrogens (tertiary/aromatic N) is 1. The third-order valence-electron chi connectivity index (χ3n) is 3.82. The Bertz CT molecular complexity index is 757. The summed E-state index contributed by atoms with van der Waals surface area (Å²) in [5.41, 5.74) is 0. The number of ether oxygens (including phenoxy) is 1. The van der Waals surface area contributed by atoms with Gasteiger partial charge >= 0.3 is 5.97 Å². The number of hydrogen-bond donors (Lipinski definition) is 1. The van der Waals surface area contributed by atoms with Gasteiger partial charge in [-0.05, 0) is 43.8 Å². The molecule has 0 aromatic heterocycles. The number of para-hydroxylation sites is 1. The highest BCUT2D eigenvalue weighted by atomic mass is 35.5. The van der Waals surface area contributed by atoms with Crippen LogP contribution in [0.5, 0.6) is 5.75 Å². The summed E-state index contributed by atoms with van der Waals surface area (Å²) in [5, 5.41) is 10.0. The summed E-state index contributed by atoms with van der Waals surface area (Å²) in [6, 6.07) is 13.2. The molecule has 2 rings (SSSR count). The standard InChI is InChI=1S/C19H21Cl2NO3S/c1-3-22(11-19(23)24)13(2)12-25-17-6-4-5-7-18(17)26-14-8-9-15(20)16(21)10-14/h4-10,13H,3,11-12H2,1-2H3,(H,23,24). The van der Waals surface area contributed by atoms with Gasteiger partial charge in [-0.1, -0.05) is 54.0 Å². The van der Waals surface area contributed by atoms with Gasteiger partial charge in [0.25, 0.3) is 0 Å². The number of likely N-dealkylation sites (N-methyl/N-ethyl adjacent to an activating group) is 1. The molecule has 1 N–H and O–H groups in total. The highest BCUT2D eigenvalue weighted by Gasteiger charge is 2.16. The molecule has 0 saturated carbocycles. The van der Waals surface area contributed by atoms with Crippen molar-refractivity contribution in [2.75, 3.05) is 19.7 Å². The third kappa shape index (κ3) is 6.09. The minimum atomic E-state index is -0.839. The van der Waals surface area contributed by atoms with E-state index < -0.39 is 5.97 Å². The molecular weight excluding hydrogens is 393 g/mol. The van der Waals surface area contributed by atoms with E-state index in [1.807, 2.05) is 55.1 Å². The Labute approximate surface area is 168 Å². The maximum atomic E-state index is 11.0. The second-order valence-electron chi connectivity index (χ2n) is 5.74. The third-order valence-corrected chi connectivity index (χ3v) is 5.60. The number of benzene rings is 2. The summed E-state index contributed by atoms with van der Waals surface area (Å²) in [6.45, 7) is 4.95. The highest BCUT2D eigenvalue weighted by molar-refractivity contribution is 7.99. The van der Waals surface area contributed by atoms with Gasteiger partial charge in [0.05, 0.1) is 21.5 Å². The molecule has 26 heavy (non-hydrogen) atoms. The molecular formula is C19H21Cl2NO3S. The number of hydrogen-bond acceptors (Lipinski definition) is 4. The monoisotopic (exact) mass is 413 g/mol. The van der Waals surface area contributed by atoms with Crippen LogP contribution in [0.2, 0.25) is 10.0 Å². The highest BCUT2D eigenvalue weighted by Crippen LogP contribution is 2.37. The fraction of sp³-hybridized carbons (Fsp3) is 0.316. The fourth-order valence-corrected chi connectivity index (χ4v) is 3.69. The van der Waals surface area contributed by atoms with E-state index >= 15 is 0 Å². The number of carbonyl (C=O) groups is 1. The van der Waals surface area contributed by atoms with Crippen LogP contribution in [0.15, 0.2) is 52.3 Å². The lowest BCUT2D eigenvalue weighted by molar-refractivity contribution is -0.138. The predicted molar refractivity (Wildman–Crippen MR) is 107 cm³/mol. The molecule has 1 unspecified atom stereocenters. The molecule has 0 fully saturated rings. The molecule has 0 heterocycles. The topological polar surface area (TPSA) is 49.8 Å². The van der Waals surface area contributed by atoms with E-state index in [4.69, 9.17) is 33.0 Å². The van der Waals surface area contributed by atoms with Crippen molar-refractivity contribution in [2.24, 2.45) is 0 Å². The Morgan fingerprint density at radius 2 is 1.96 bits per heavy atom. The summed E-state index contributed by atoms with van der Waals surface area (Å²) >= 11 is 13.6. The summed E-state index contributed by atoms with van der Waals surface area (Å²) in [6.07, 6.45) is 0. The van der Waals surface area contributed by atoms with Crippen LogP contribution < -0.4 is 4.74 Å². The second-order valence-corrected chi connectivity index (χ2v) is 7.67. The maximum Gasteiger partial charge on any atom is 0.317 e. The maximum absolute atomic E-state index is 11.0. The first-order valence-corrected chi connectivity index (χ1v) is 9.78. The minimum absolute atomic E-state index is 0.000692. The van der Waals surface area contributed by atoms with Crippen molar-refractivity contribution >= 4 is 40.9 Å². The molecule has 0 bridgehead atoms. The average Bonchev–Trinajstić information content (AvgIpc) is 2.61. The largest absolute Gasteiger partial charge is 0.491 e. The number of carboxylic acid groups (broad SMARTS) is 1. The van der Waals surface area contributed by atoms with Gasteiger partial charge in [0.15, 0.2) is 0 Å². The van der Waals surface area contributed by atoms with E-state index in [-0.39, 0.29) is 12.6 Å². The number of aliphatic carboxylic acids is 1. The Hall–Kier alpha value is -1.40. The Kier molecular flexibility index (Phi) is 8.10. The minimum Gasteiger partial charge on any atom is -0.491 e. The van der Waals surface area contributed by atoms with Crippen molar-refractivity contribution < 1.29 is 14.6 Å². The van der Waals surface area contributed by atoms with Crippen LogP contribution >= 0.6 is 35.0 Å². The van der Waals surface area contributed by atoms with Crippen molar-refractivity contribution in [3.63, 3.8) is 0 Å². The fourth-order valence-electron chi connectivity index (χ4n) is 2.39. The van der Waals surface area contributed by atoms with Gasteiger partial charge in [-0.2, -0.15) is 0 Å². The molecule has 0 amide bonds. The molecule has 0 aliphatic heterocycles. The zero-order valence-electron chi connectivity index (χ0n) is 14.6. The molecule has 140 valence electrons. The van der Waals surface area contributed by atoms with E-state index in [1.54, 1.807) is 6.07 Å². The molecule has 0 aliphatic rings. The molecule has 1 atom stereocenters. The number of carboxylic acids is 1. The first kappa shape index (κ1) is 20.9. The molecule has 0 spiro atoms. The average molecular weight is 414 g/mol. The molecule has 2 aromatic rings. The summed E-state index contributed by atoms with van der Waals surface area (Å²) in [7, 11) is 0. The second kappa shape index (κ2) is 10.1. The lowest BCUT2D eigenvalue weighted by Crippen LogP contribution is -2.40. The molecule has 2 aromatic carbocycles. The Morgan fingerprint density at radius 1 is 1.23 bits per heavy atom. The van der Waals surface area contributed by atoms with Gasteiger partial charge in [0, 0.05) is 10.9 Å². The van der Waals surface area contributed by atoms with E-state index in [0.29, 0.717) is 23.2 Å². The SMILES string of the molecule is CCN(CC(=O)O)C(C)COc1ccccc1Sc1ccc(Cl)c(Cl)c1. The van der Waals surface area contributed by atoms with E-state index in [9.17, 15) is 4.79 Å². The Morgan fingerprint density at radius 3 is 2.62 bits per heavy atom. The predicted octanol–water partition coefficient (Wildman–Crippen LogP) is 5.32. The lowest BCUT2D eigenvalue weighted by atomic mass is 10.3. The van der Waals surface area contributed by atoms with Crippen molar-refractivity contribution in [3.05, 3.63) is 52.5 Å². The zero-order valence-corrected chi connectivity index (χ0v) is 16.9. The van der Waals surface area contributed by atoms with Crippen LogP contribution in [-0.4, -0.2) is 41.7 Å². The molecule has 0 saturated heterocycles. The van der Waals surface area contributed by atoms with Crippen LogP contribution in [0.3, 0.4) is 0 Å².